The summed E-state index contributed by atoms with van der Waals surface area (Å²) < 4.78 is 16.5. The SMILES string of the molecule is CCN(CC)CCCN1C(=O)C(=O)/C(=C(/O)c2ccc3cc(OC)ccc3c2)C1c1cccc(OC)c1OC. The second kappa shape index (κ2) is 12.2. The van der Waals surface area contributed by atoms with Gasteiger partial charge < -0.3 is 29.1 Å². The van der Waals surface area contributed by atoms with Gasteiger partial charge in [0, 0.05) is 17.7 Å². The summed E-state index contributed by atoms with van der Waals surface area (Å²) in [6.07, 6.45) is 0.676. The number of ketones is 1. The van der Waals surface area contributed by atoms with Crippen LogP contribution in [0.2, 0.25) is 0 Å². The Morgan fingerprint density at radius 3 is 2.31 bits per heavy atom. The molecular weight excluding hydrogens is 496 g/mol. The van der Waals surface area contributed by atoms with Gasteiger partial charge in [0.1, 0.15) is 11.5 Å². The number of aliphatic hydroxyl groups excluding tert-OH is 1. The van der Waals surface area contributed by atoms with Crippen LogP contribution in [0.15, 0.2) is 60.2 Å². The molecule has 39 heavy (non-hydrogen) atoms. The first-order valence-corrected chi connectivity index (χ1v) is 13.2. The van der Waals surface area contributed by atoms with E-state index < -0.39 is 17.7 Å². The lowest BCUT2D eigenvalue weighted by molar-refractivity contribution is -0.140. The largest absolute Gasteiger partial charge is 0.507 e. The van der Waals surface area contributed by atoms with Crippen LogP contribution < -0.4 is 14.2 Å². The highest BCUT2D eigenvalue weighted by Crippen LogP contribution is 2.45. The first-order valence-electron chi connectivity index (χ1n) is 13.2. The van der Waals surface area contributed by atoms with Crippen LogP contribution in [0.25, 0.3) is 16.5 Å². The zero-order chi connectivity index (χ0) is 28.1. The van der Waals surface area contributed by atoms with Crippen molar-refractivity contribution in [3.8, 4) is 17.2 Å². The Hall–Kier alpha value is -4.04. The van der Waals surface area contributed by atoms with Crippen LogP contribution >= 0.6 is 0 Å². The molecule has 8 nitrogen and oxygen atoms in total. The summed E-state index contributed by atoms with van der Waals surface area (Å²) in [5.74, 6) is 0.0178. The minimum Gasteiger partial charge on any atom is -0.507 e. The third-order valence-corrected chi connectivity index (χ3v) is 7.36. The molecular formula is C31H36N2O6. The predicted octanol–water partition coefficient (Wildman–Crippen LogP) is 5.02. The summed E-state index contributed by atoms with van der Waals surface area (Å²) in [4.78, 5) is 30.7. The van der Waals surface area contributed by atoms with Gasteiger partial charge in [0.25, 0.3) is 11.7 Å². The normalized spacial score (nSPS) is 16.8. The quantitative estimate of drug-likeness (QED) is 0.211. The standard InChI is InChI=1S/C31H36N2O6/c1-6-32(7-2)16-9-17-33-27(24-10-8-11-25(38-4)30(24)39-5)26(29(35)31(33)36)28(34)22-13-12-21-19-23(37-3)15-14-20(21)18-22/h8,10-15,18-19,27,34H,6-7,9,16-17H2,1-5H3/b28-26+. The van der Waals surface area contributed by atoms with E-state index in [2.05, 4.69) is 18.7 Å². The molecule has 1 amide bonds. The summed E-state index contributed by atoms with van der Waals surface area (Å²) in [5.41, 5.74) is 1.05. The van der Waals surface area contributed by atoms with E-state index in [0.717, 1.165) is 36.2 Å². The van der Waals surface area contributed by atoms with Crippen LogP contribution in [-0.4, -0.2) is 74.1 Å². The third kappa shape index (κ3) is 5.43. The lowest BCUT2D eigenvalue weighted by Crippen LogP contribution is -2.33. The molecule has 1 saturated heterocycles. The van der Waals surface area contributed by atoms with Crippen LogP contribution in [-0.2, 0) is 9.59 Å². The molecule has 1 N–H and O–H groups in total. The van der Waals surface area contributed by atoms with Crippen LogP contribution in [0.5, 0.6) is 17.2 Å². The molecule has 1 aliphatic heterocycles. The second-order valence-corrected chi connectivity index (χ2v) is 9.38. The van der Waals surface area contributed by atoms with Crippen molar-refractivity contribution in [3.05, 3.63) is 71.3 Å². The number of nitrogens with zero attached hydrogens (tertiary/aromatic N) is 2. The van der Waals surface area contributed by atoms with Gasteiger partial charge in [-0.15, -0.1) is 0 Å². The number of carbonyl (C=O) groups excluding carboxylic acids is 2. The molecule has 1 heterocycles. The van der Waals surface area contributed by atoms with Crippen molar-refractivity contribution in [3.63, 3.8) is 0 Å². The zero-order valence-electron chi connectivity index (χ0n) is 23.2. The number of hydrogen-bond donors (Lipinski definition) is 1. The first-order chi connectivity index (χ1) is 18.9. The summed E-state index contributed by atoms with van der Waals surface area (Å²) >= 11 is 0. The number of likely N-dealkylation sites (tertiary alicyclic amines) is 1. The van der Waals surface area contributed by atoms with E-state index in [1.165, 1.54) is 14.2 Å². The summed E-state index contributed by atoms with van der Waals surface area (Å²) in [6, 6.07) is 15.5. The Labute approximate surface area is 229 Å². The molecule has 3 aromatic rings. The molecule has 206 valence electrons. The highest BCUT2D eigenvalue weighted by atomic mass is 16.5. The van der Waals surface area contributed by atoms with Crippen molar-refractivity contribution in [2.24, 2.45) is 0 Å². The summed E-state index contributed by atoms with van der Waals surface area (Å²) in [7, 11) is 4.66. The number of rotatable bonds is 11. The predicted molar refractivity (Wildman–Crippen MR) is 151 cm³/mol. The maximum atomic E-state index is 13.5. The number of hydrogen-bond acceptors (Lipinski definition) is 7. The van der Waals surface area contributed by atoms with Gasteiger partial charge in [0.05, 0.1) is 32.9 Å². The van der Waals surface area contributed by atoms with Gasteiger partial charge in [-0.05, 0) is 61.1 Å². The molecule has 8 heteroatoms. The fraction of sp³-hybridized carbons (Fsp3) is 0.355. The zero-order valence-corrected chi connectivity index (χ0v) is 23.2. The molecule has 1 atom stereocenters. The highest BCUT2D eigenvalue weighted by molar-refractivity contribution is 6.46. The van der Waals surface area contributed by atoms with E-state index in [9.17, 15) is 14.7 Å². The molecule has 0 radical (unpaired) electrons. The number of Topliss-reactive ketones (excluding diaryl/α,β-unsaturated/α-hetero) is 1. The van der Waals surface area contributed by atoms with Gasteiger partial charge in [-0.2, -0.15) is 0 Å². The lowest BCUT2D eigenvalue weighted by atomic mass is 9.93. The van der Waals surface area contributed by atoms with E-state index in [-0.39, 0.29) is 11.3 Å². The van der Waals surface area contributed by atoms with Crippen molar-refractivity contribution in [1.82, 2.24) is 9.80 Å². The van der Waals surface area contributed by atoms with Crippen LogP contribution in [0, 0.1) is 0 Å². The number of benzene rings is 3. The van der Waals surface area contributed by atoms with Gasteiger partial charge in [-0.1, -0.05) is 44.2 Å². The average Bonchev–Trinajstić information content (AvgIpc) is 3.22. The van der Waals surface area contributed by atoms with E-state index in [4.69, 9.17) is 14.2 Å². The Morgan fingerprint density at radius 1 is 0.923 bits per heavy atom. The molecule has 1 unspecified atom stereocenters. The number of para-hydroxylation sites is 1. The van der Waals surface area contributed by atoms with Crippen LogP contribution in [0.4, 0.5) is 0 Å². The van der Waals surface area contributed by atoms with E-state index >= 15 is 0 Å². The Morgan fingerprint density at radius 2 is 1.64 bits per heavy atom. The second-order valence-electron chi connectivity index (χ2n) is 9.38. The molecule has 0 aliphatic carbocycles. The van der Waals surface area contributed by atoms with Crippen molar-refractivity contribution in [1.29, 1.82) is 0 Å². The van der Waals surface area contributed by atoms with E-state index in [1.807, 2.05) is 24.3 Å². The summed E-state index contributed by atoms with van der Waals surface area (Å²) in [6.45, 7) is 7.12. The smallest absolute Gasteiger partial charge is 0.295 e. The van der Waals surface area contributed by atoms with Gasteiger partial charge in [0.15, 0.2) is 11.5 Å². The number of amides is 1. The number of aliphatic hydroxyl groups is 1. The third-order valence-electron chi connectivity index (χ3n) is 7.36. The Balaban J connectivity index is 1.84. The van der Waals surface area contributed by atoms with Gasteiger partial charge >= 0.3 is 0 Å². The highest BCUT2D eigenvalue weighted by Gasteiger charge is 2.47. The molecule has 1 fully saturated rings. The molecule has 0 aromatic heterocycles. The minimum atomic E-state index is -0.835. The number of fused-ring (bicyclic) bond motifs is 1. The minimum absolute atomic E-state index is 0.0299. The monoisotopic (exact) mass is 532 g/mol. The maximum Gasteiger partial charge on any atom is 0.295 e. The van der Waals surface area contributed by atoms with E-state index in [1.54, 1.807) is 42.3 Å². The van der Waals surface area contributed by atoms with Crippen molar-refractivity contribution in [2.75, 3.05) is 47.5 Å². The fourth-order valence-electron chi connectivity index (χ4n) is 5.22. The van der Waals surface area contributed by atoms with Gasteiger partial charge in [0.2, 0.25) is 0 Å². The molecule has 0 spiro atoms. The molecule has 4 rings (SSSR count). The van der Waals surface area contributed by atoms with Crippen LogP contribution in [0.3, 0.4) is 0 Å². The number of ether oxygens (including phenoxy) is 3. The molecule has 0 bridgehead atoms. The fourth-order valence-corrected chi connectivity index (χ4v) is 5.22. The van der Waals surface area contributed by atoms with Crippen molar-refractivity contribution < 1.29 is 28.9 Å². The molecule has 0 saturated carbocycles. The average molecular weight is 533 g/mol. The maximum absolute atomic E-state index is 13.5. The van der Waals surface area contributed by atoms with Gasteiger partial charge in [-0.25, -0.2) is 0 Å². The van der Waals surface area contributed by atoms with Crippen molar-refractivity contribution >= 4 is 28.2 Å². The van der Waals surface area contributed by atoms with Gasteiger partial charge in [-0.3, -0.25) is 9.59 Å². The lowest BCUT2D eigenvalue weighted by Gasteiger charge is -2.28. The Bertz CT molecular complexity index is 1400. The summed E-state index contributed by atoms with van der Waals surface area (Å²) in [5, 5.41) is 13.4. The number of carbonyl (C=O) groups is 2. The Kier molecular flexibility index (Phi) is 8.76. The van der Waals surface area contributed by atoms with Crippen LogP contribution in [0.1, 0.15) is 37.4 Å². The topological polar surface area (TPSA) is 88.5 Å². The van der Waals surface area contributed by atoms with Crippen molar-refractivity contribution in [2.45, 2.75) is 26.3 Å². The first kappa shape index (κ1) is 28.0. The van der Waals surface area contributed by atoms with E-state index in [0.29, 0.717) is 35.6 Å². The number of methoxy groups -OCH3 is 3. The molecule has 3 aromatic carbocycles. The molecule has 1 aliphatic rings.